The fourth-order valence-corrected chi connectivity index (χ4v) is 2.54. The molecule has 1 unspecified atom stereocenters. The Hall–Kier alpha value is -1.56. The van der Waals surface area contributed by atoms with E-state index in [-0.39, 0.29) is 13.0 Å². The smallest absolute Gasteiger partial charge is 0.324 e. The molecule has 0 aliphatic rings. The van der Waals surface area contributed by atoms with Crippen LogP contribution in [0.1, 0.15) is 32.2 Å². The first-order valence-electron chi connectivity index (χ1n) is 6.77. The Morgan fingerprint density at radius 1 is 1.48 bits per heavy atom. The van der Waals surface area contributed by atoms with Gasteiger partial charge in [0.05, 0.1) is 23.0 Å². The number of carbonyl (C=O) groups excluding carboxylic acids is 1. The van der Waals surface area contributed by atoms with E-state index < -0.39 is 23.3 Å². The van der Waals surface area contributed by atoms with E-state index in [1.165, 1.54) is 4.68 Å². The molecular weight excluding hydrogens is 296 g/mol. The molecule has 1 rings (SSSR count). The number of esters is 1. The third kappa shape index (κ3) is 3.05. The van der Waals surface area contributed by atoms with Crippen LogP contribution in [0.5, 0.6) is 0 Å². The van der Waals surface area contributed by atoms with Gasteiger partial charge in [0.1, 0.15) is 0 Å². The third-order valence-corrected chi connectivity index (χ3v) is 4.21. The van der Waals surface area contributed by atoms with E-state index in [1.54, 1.807) is 34.7 Å². The standard InChI is InChI=1S/C14H21ClN2O4/c1-6-21-13(20)14(8(2)3,12(18)19)7-10-11(15)9(4)16-17(10)5/h8H,6-7H2,1-5H3,(H,18,19). The number of carboxylic acids is 1. The van der Waals surface area contributed by atoms with Crippen molar-refractivity contribution >= 4 is 23.5 Å². The first-order chi connectivity index (χ1) is 9.68. The Labute approximate surface area is 129 Å². The molecule has 7 heteroatoms. The highest BCUT2D eigenvalue weighted by molar-refractivity contribution is 6.31. The highest BCUT2D eigenvalue weighted by atomic mass is 35.5. The maximum atomic E-state index is 12.3. The summed E-state index contributed by atoms with van der Waals surface area (Å²) in [5.74, 6) is -2.42. The maximum absolute atomic E-state index is 12.3. The van der Waals surface area contributed by atoms with Crippen molar-refractivity contribution in [1.29, 1.82) is 0 Å². The molecule has 1 aromatic heterocycles. The van der Waals surface area contributed by atoms with E-state index in [0.717, 1.165) is 0 Å². The Balaban J connectivity index is 3.37. The normalized spacial score (nSPS) is 14.0. The Morgan fingerprint density at radius 3 is 2.38 bits per heavy atom. The van der Waals surface area contributed by atoms with Gasteiger partial charge in [0.2, 0.25) is 0 Å². The van der Waals surface area contributed by atoms with Crippen LogP contribution >= 0.6 is 11.6 Å². The zero-order valence-electron chi connectivity index (χ0n) is 12.9. The highest BCUT2D eigenvalue weighted by Crippen LogP contribution is 2.36. The molecule has 0 spiro atoms. The second kappa shape index (κ2) is 6.47. The van der Waals surface area contributed by atoms with Crippen molar-refractivity contribution in [2.24, 2.45) is 18.4 Å². The largest absolute Gasteiger partial charge is 0.480 e. The van der Waals surface area contributed by atoms with Crippen molar-refractivity contribution in [3.63, 3.8) is 0 Å². The summed E-state index contributed by atoms with van der Waals surface area (Å²) in [6.07, 6.45) is -0.0605. The Bertz CT molecular complexity index is 553. The molecule has 0 aliphatic heterocycles. The summed E-state index contributed by atoms with van der Waals surface area (Å²) in [5, 5.41) is 14.2. The van der Waals surface area contributed by atoms with Crippen LogP contribution in [0.4, 0.5) is 0 Å². The van der Waals surface area contributed by atoms with Gasteiger partial charge >= 0.3 is 11.9 Å². The molecular formula is C14H21ClN2O4. The second-order valence-corrected chi connectivity index (χ2v) is 5.68. The van der Waals surface area contributed by atoms with Crippen molar-refractivity contribution in [3.8, 4) is 0 Å². The van der Waals surface area contributed by atoms with Crippen molar-refractivity contribution in [1.82, 2.24) is 9.78 Å². The van der Waals surface area contributed by atoms with Crippen molar-refractivity contribution < 1.29 is 19.4 Å². The fourth-order valence-electron chi connectivity index (χ4n) is 2.32. The predicted octanol–water partition coefficient (Wildman–Crippen LogP) is 2.21. The molecule has 1 N–H and O–H groups in total. The van der Waals surface area contributed by atoms with Crippen LogP contribution in [0.25, 0.3) is 0 Å². The number of nitrogens with zero attached hydrogens (tertiary/aromatic N) is 2. The average Bonchev–Trinajstić information content (AvgIpc) is 2.60. The first kappa shape index (κ1) is 17.5. The molecule has 118 valence electrons. The van der Waals surface area contributed by atoms with Crippen LogP contribution in [0, 0.1) is 18.3 Å². The predicted molar refractivity (Wildman–Crippen MR) is 78.2 cm³/mol. The molecule has 0 aliphatic carbocycles. The molecule has 0 saturated carbocycles. The molecule has 1 atom stereocenters. The first-order valence-corrected chi connectivity index (χ1v) is 7.14. The second-order valence-electron chi connectivity index (χ2n) is 5.30. The van der Waals surface area contributed by atoms with E-state index in [1.807, 2.05) is 0 Å². The lowest BCUT2D eigenvalue weighted by Gasteiger charge is -2.30. The number of hydrogen-bond acceptors (Lipinski definition) is 4. The van der Waals surface area contributed by atoms with Crippen LogP contribution in [0.3, 0.4) is 0 Å². The number of carbonyl (C=O) groups is 2. The van der Waals surface area contributed by atoms with Crippen molar-refractivity contribution in [3.05, 3.63) is 16.4 Å². The van der Waals surface area contributed by atoms with Gasteiger partial charge in [0.15, 0.2) is 5.41 Å². The summed E-state index contributed by atoms with van der Waals surface area (Å²) < 4.78 is 6.51. The molecule has 21 heavy (non-hydrogen) atoms. The maximum Gasteiger partial charge on any atom is 0.324 e. The number of halogens is 1. The van der Waals surface area contributed by atoms with Crippen LogP contribution in [-0.4, -0.2) is 33.4 Å². The summed E-state index contributed by atoms with van der Waals surface area (Å²) in [6, 6.07) is 0. The lowest BCUT2D eigenvalue weighted by atomic mass is 9.73. The van der Waals surface area contributed by atoms with Gasteiger partial charge in [-0.25, -0.2) is 0 Å². The number of carboxylic acid groups (broad SMARTS) is 1. The van der Waals surface area contributed by atoms with Crippen LogP contribution < -0.4 is 0 Å². The quantitative estimate of drug-likeness (QED) is 0.643. The Morgan fingerprint density at radius 2 is 2.05 bits per heavy atom. The van der Waals surface area contributed by atoms with Gasteiger partial charge in [-0.15, -0.1) is 0 Å². The summed E-state index contributed by atoms with van der Waals surface area (Å²) in [6.45, 7) is 6.86. The topological polar surface area (TPSA) is 81.4 Å². The number of hydrogen-bond donors (Lipinski definition) is 1. The molecule has 1 heterocycles. The van der Waals surface area contributed by atoms with E-state index in [9.17, 15) is 14.7 Å². The highest BCUT2D eigenvalue weighted by Gasteiger charge is 2.51. The number of aryl methyl sites for hydroxylation is 2. The van der Waals surface area contributed by atoms with Gasteiger partial charge in [0.25, 0.3) is 0 Å². The fraction of sp³-hybridized carbons (Fsp3) is 0.643. The molecule has 0 amide bonds. The molecule has 0 bridgehead atoms. The van der Waals surface area contributed by atoms with Crippen LogP contribution in [0.2, 0.25) is 5.02 Å². The molecule has 0 aromatic carbocycles. The molecule has 6 nitrogen and oxygen atoms in total. The summed E-state index contributed by atoms with van der Waals surface area (Å²) >= 11 is 6.18. The van der Waals surface area contributed by atoms with Crippen LogP contribution in [0.15, 0.2) is 0 Å². The van der Waals surface area contributed by atoms with Gasteiger partial charge in [0, 0.05) is 13.5 Å². The Kier molecular flexibility index (Phi) is 5.39. The van der Waals surface area contributed by atoms with Gasteiger partial charge in [-0.05, 0) is 19.8 Å². The number of aromatic nitrogens is 2. The lowest BCUT2D eigenvalue weighted by molar-refractivity contribution is -0.172. The summed E-state index contributed by atoms with van der Waals surface area (Å²) in [5.41, 5.74) is -0.570. The number of aliphatic carboxylic acids is 1. The minimum absolute atomic E-state index is 0.0605. The van der Waals surface area contributed by atoms with E-state index >= 15 is 0 Å². The average molecular weight is 317 g/mol. The van der Waals surface area contributed by atoms with Gasteiger partial charge in [-0.2, -0.15) is 5.10 Å². The zero-order valence-corrected chi connectivity index (χ0v) is 13.7. The van der Waals surface area contributed by atoms with Gasteiger partial charge in [-0.1, -0.05) is 25.4 Å². The number of ether oxygens (including phenoxy) is 1. The molecule has 0 fully saturated rings. The molecule has 0 saturated heterocycles. The summed E-state index contributed by atoms with van der Waals surface area (Å²) in [7, 11) is 1.67. The van der Waals surface area contributed by atoms with Gasteiger partial charge < -0.3 is 9.84 Å². The minimum atomic E-state index is -1.68. The van der Waals surface area contributed by atoms with Crippen LogP contribution in [-0.2, 0) is 27.8 Å². The van der Waals surface area contributed by atoms with Crippen molar-refractivity contribution in [2.75, 3.05) is 6.61 Å². The SMILES string of the molecule is CCOC(=O)C(Cc1c(Cl)c(C)nn1C)(C(=O)O)C(C)C. The van der Waals surface area contributed by atoms with E-state index in [0.29, 0.717) is 16.4 Å². The minimum Gasteiger partial charge on any atom is -0.480 e. The lowest BCUT2D eigenvalue weighted by Crippen LogP contribution is -2.47. The number of rotatable bonds is 6. The molecule has 1 aromatic rings. The molecule has 0 radical (unpaired) electrons. The van der Waals surface area contributed by atoms with E-state index in [2.05, 4.69) is 5.10 Å². The summed E-state index contributed by atoms with van der Waals surface area (Å²) in [4.78, 5) is 24.1. The van der Waals surface area contributed by atoms with Gasteiger partial charge in [-0.3, -0.25) is 14.3 Å². The van der Waals surface area contributed by atoms with E-state index in [4.69, 9.17) is 16.3 Å². The third-order valence-electron chi connectivity index (χ3n) is 3.71. The monoisotopic (exact) mass is 316 g/mol. The zero-order chi connectivity index (χ0) is 16.4. The van der Waals surface area contributed by atoms with Crippen molar-refractivity contribution in [2.45, 2.75) is 34.1 Å².